The summed E-state index contributed by atoms with van der Waals surface area (Å²) in [6.45, 7) is 3.45. The fourth-order valence-corrected chi connectivity index (χ4v) is 2.29. The molecule has 1 heterocycles. The maximum absolute atomic E-state index is 3.60. The Balaban J connectivity index is 1.57. The SMILES string of the molecule is c1ccc2c(c1)CC2CNC1CNC1. The summed E-state index contributed by atoms with van der Waals surface area (Å²) in [7, 11) is 0. The monoisotopic (exact) mass is 188 g/mol. The van der Waals surface area contributed by atoms with Crippen LogP contribution in [0.15, 0.2) is 24.3 Å². The van der Waals surface area contributed by atoms with Crippen molar-refractivity contribution in [3.63, 3.8) is 0 Å². The summed E-state index contributed by atoms with van der Waals surface area (Å²) >= 11 is 0. The van der Waals surface area contributed by atoms with Crippen LogP contribution in [0.25, 0.3) is 0 Å². The van der Waals surface area contributed by atoms with Crippen molar-refractivity contribution in [3.8, 4) is 0 Å². The molecule has 1 unspecified atom stereocenters. The molecule has 1 aromatic rings. The van der Waals surface area contributed by atoms with Gasteiger partial charge < -0.3 is 10.6 Å². The van der Waals surface area contributed by atoms with Crippen LogP contribution in [-0.4, -0.2) is 25.7 Å². The minimum atomic E-state index is 0.725. The lowest BCUT2D eigenvalue weighted by Crippen LogP contribution is -2.56. The Labute approximate surface area is 84.7 Å². The maximum atomic E-state index is 3.60. The number of nitrogens with one attached hydrogen (secondary N) is 2. The highest BCUT2D eigenvalue weighted by atomic mass is 15.1. The fraction of sp³-hybridized carbons (Fsp3) is 0.500. The summed E-state index contributed by atoms with van der Waals surface area (Å²) in [4.78, 5) is 0. The second-order valence-electron chi connectivity index (χ2n) is 4.36. The molecule has 74 valence electrons. The summed E-state index contributed by atoms with van der Waals surface area (Å²) in [6, 6.07) is 9.53. The van der Waals surface area contributed by atoms with Crippen LogP contribution in [0.1, 0.15) is 17.0 Å². The van der Waals surface area contributed by atoms with E-state index >= 15 is 0 Å². The maximum Gasteiger partial charge on any atom is 0.0317 e. The number of benzene rings is 1. The summed E-state index contributed by atoms with van der Waals surface area (Å²) in [5.74, 6) is 0.770. The van der Waals surface area contributed by atoms with Gasteiger partial charge in [0.1, 0.15) is 0 Å². The summed E-state index contributed by atoms with van der Waals surface area (Å²) < 4.78 is 0. The van der Waals surface area contributed by atoms with Crippen molar-refractivity contribution >= 4 is 0 Å². The molecule has 2 aliphatic rings. The number of rotatable bonds is 3. The average Bonchev–Trinajstić information content (AvgIpc) is 2.10. The van der Waals surface area contributed by atoms with E-state index in [1.807, 2.05) is 0 Å². The van der Waals surface area contributed by atoms with E-state index in [0.29, 0.717) is 0 Å². The van der Waals surface area contributed by atoms with Crippen molar-refractivity contribution in [1.29, 1.82) is 0 Å². The van der Waals surface area contributed by atoms with Gasteiger partial charge in [0.2, 0.25) is 0 Å². The molecule has 2 nitrogen and oxygen atoms in total. The van der Waals surface area contributed by atoms with Crippen LogP contribution in [0, 0.1) is 0 Å². The van der Waals surface area contributed by atoms with Gasteiger partial charge in [-0.25, -0.2) is 0 Å². The molecular weight excluding hydrogens is 172 g/mol. The number of hydrogen-bond acceptors (Lipinski definition) is 2. The first kappa shape index (κ1) is 8.45. The van der Waals surface area contributed by atoms with E-state index in [1.165, 1.54) is 6.42 Å². The topological polar surface area (TPSA) is 24.1 Å². The van der Waals surface area contributed by atoms with Crippen molar-refractivity contribution < 1.29 is 0 Å². The third-order valence-corrected chi connectivity index (χ3v) is 3.40. The average molecular weight is 188 g/mol. The normalized spacial score (nSPS) is 25.0. The highest BCUT2D eigenvalue weighted by molar-refractivity contribution is 5.40. The van der Waals surface area contributed by atoms with Gasteiger partial charge >= 0.3 is 0 Å². The van der Waals surface area contributed by atoms with Crippen molar-refractivity contribution in [3.05, 3.63) is 35.4 Å². The van der Waals surface area contributed by atoms with Crippen LogP contribution in [0.4, 0.5) is 0 Å². The fourth-order valence-electron chi connectivity index (χ4n) is 2.29. The van der Waals surface area contributed by atoms with E-state index in [-0.39, 0.29) is 0 Å². The van der Waals surface area contributed by atoms with Gasteiger partial charge in [0.15, 0.2) is 0 Å². The first-order valence-corrected chi connectivity index (χ1v) is 5.45. The Morgan fingerprint density at radius 1 is 1.29 bits per heavy atom. The smallest absolute Gasteiger partial charge is 0.0317 e. The Hall–Kier alpha value is -0.860. The van der Waals surface area contributed by atoms with Gasteiger partial charge in [-0.1, -0.05) is 24.3 Å². The molecule has 1 atom stereocenters. The van der Waals surface area contributed by atoms with E-state index in [9.17, 15) is 0 Å². The van der Waals surface area contributed by atoms with Crippen LogP contribution in [0.5, 0.6) is 0 Å². The summed E-state index contributed by atoms with van der Waals surface area (Å²) in [5.41, 5.74) is 3.11. The molecule has 1 aliphatic carbocycles. The Bertz CT molecular complexity index is 331. The van der Waals surface area contributed by atoms with Crippen molar-refractivity contribution in [2.45, 2.75) is 18.4 Å². The van der Waals surface area contributed by atoms with E-state index in [1.54, 1.807) is 11.1 Å². The number of fused-ring (bicyclic) bond motifs is 1. The minimum absolute atomic E-state index is 0.725. The predicted molar refractivity (Wildman–Crippen MR) is 57.5 cm³/mol. The van der Waals surface area contributed by atoms with Crippen LogP contribution < -0.4 is 10.6 Å². The first-order valence-electron chi connectivity index (χ1n) is 5.45. The number of hydrogen-bond donors (Lipinski definition) is 2. The van der Waals surface area contributed by atoms with Crippen molar-refractivity contribution in [2.24, 2.45) is 0 Å². The molecule has 1 aromatic carbocycles. The van der Waals surface area contributed by atoms with E-state index < -0.39 is 0 Å². The molecule has 0 saturated carbocycles. The molecule has 1 aliphatic heterocycles. The molecular formula is C12H16N2. The van der Waals surface area contributed by atoms with Gasteiger partial charge in [-0.2, -0.15) is 0 Å². The lowest BCUT2D eigenvalue weighted by atomic mass is 9.77. The Morgan fingerprint density at radius 3 is 2.86 bits per heavy atom. The van der Waals surface area contributed by atoms with Gasteiger partial charge in [-0.3, -0.25) is 0 Å². The molecule has 14 heavy (non-hydrogen) atoms. The Morgan fingerprint density at radius 2 is 2.14 bits per heavy atom. The van der Waals surface area contributed by atoms with Crippen LogP contribution >= 0.6 is 0 Å². The molecule has 0 bridgehead atoms. The minimum Gasteiger partial charge on any atom is -0.314 e. The summed E-state index contributed by atoms with van der Waals surface area (Å²) in [6.07, 6.45) is 1.27. The van der Waals surface area contributed by atoms with E-state index in [2.05, 4.69) is 34.9 Å². The van der Waals surface area contributed by atoms with Gasteiger partial charge in [0.25, 0.3) is 0 Å². The van der Waals surface area contributed by atoms with Crippen LogP contribution in [0.3, 0.4) is 0 Å². The lowest BCUT2D eigenvalue weighted by Gasteiger charge is -2.34. The predicted octanol–water partition coefficient (Wildman–Crippen LogP) is 0.888. The highest BCUT2D eigenvalue weighted by Crippen LogP contribution is 2.34. The zero-order chi connectivity index (χ0) is 9.38. The third kappa shape index (κ3) is 1.35. The van der Waals surface area contributed by atoms with E-state index in [0.717, 1.165) is 31.6 Å². The molecule has 2 heteroatoms. The van der Waals surface area contributed by atoms with Gasteiger partial charge in [-0.05, 0) is 17.5 Å². The molecule has 0 spiro atoms. The van der Waals surface area contributed by atoms with Crippen LogP contribution in [-0.2, 0) is 6.42 Å². The molecule has 3 rings (SSSR count). The Kier molecular flexibility index (Phi) is 2.03. The zero-order valence-corrected chi connectivity index (χ0v) is 8.29. The highest BCUT2D eigenvalue weighted by Gasteiger charge is 2.26. The molecule has 0 amide bonds. The van der Waals surface area contributed by atoms with Gasteiger partial charge in [0, 0.05) is 31.6 Å². The molecule has 1 fully saturated rings. The largest absolute Gasteiger partial charge is 0.314 e. The second-order valence-corrected chi connectivity index (χ2v) is 4.36. The second kappa shape index (κ2) is 3.37. The third-order valence-electron chi connectivity index (χ3n) is 3.40. The molecule has 1 saturated heterocycles. The standard InChI is InChI=1S/C12H16N2/c1-2-4-12-9(3-1)5-10(12)6-14-11-7-13-8-11/h1-4,10-11,13-14H,5-8H2. The van der Waals surface area contributed by atoms with Gasteiger partial charge in [-0.15, -0.1) is 0 Å². The van der Waals surface area contributed by atoms with Crippen LogP contribution in [0.2, 0.25) is 0 Å². The lowest BCUT2D eigenvalue weighted by molar-refractivity contribution is 0.351. The first-order chi connectivity index (χ1) is 6.93. The van der Waals surface area contributed by atoms with E-state index in [4.69, 9.17) is 0 Å². The van der Waals surface area contributed by atoms with Gasteiger partial charge in [0.05, 0.1) is 0 Å². The molecule has 0 aromatic heterocycles. The quantitative estimate of drug-likeness (QED) is 0.736. The summed E-state index contributed by atoms with van der Waals surface area (Å²) in [5, 5.41) is 6.88. The van der Waals surface area contributed by atoms with Crippen molar-refractivity contribution in [2.75, 3.05) is 19.6 Å². The van der Waals surface area contributed by atoms with Crippen molar-refractivity contribution in [1.82, 2.24) is 10.6 Å². The zero-order valence-electron chi connectivity index (χ0n) is 8.29. The molecule has 0 radical (unpaired) electrons. The molecule has 2 N–H and O–H groups in total.